The zero-order chi connectivity index (χ0) is 26.0. The van der Waals surface area contributed by atoms with Crippen LogP contribution in [-0.4, -0.2) is 61.7 Å². The first-order valence-electron chi connectivity index (χ1n) is 11.0. The average Bonchev–Trinajstić information content (AvgIpc) is 2.80. The number of unbranched alkanes of at least 4 members (excludes halogenated alkanes) is 1. The number of nitrogens with one attached hydrogen (secondary N) is 1. The number of esters is 3. The van der Waals surface area contributed by atoms with E-state index in [1.165, 1.54) is 13.2 Å². The van der Waals surface area contributed by atoms with Crippen LogP contribution in [0.15, 0.2) is 18.2 Å². The predicted octanol–water partition coefficient (Wildman–Crippen LogP) is 1.95. The number of carbonyl (C=O) groups is 4. The number of methoxy groups -OCH3 is 1. The second-order valence-electron chi connectivity index (χ2n) is 8.10. The van der Waals surface area contributed by atoms with Gasteiger partial charge in [-0.2, -0.15) is 0 Å². The number of halogens is 2. The quantitative estimate of drug-likeness (QED) is 0.191. The molecule has 13 heteroatoms. The standard InChI is InChI=1S/C22H28BF2NO9/c1-22(24,25)11-10-17(27)26-16-12-14-6-5-7-15(20(14)35-23(16)31)21(30)34-13-33-19(29)9-4-3-8-18(28)32-2/h5-7,16,31H,3-4,8-13H2,1-2H3,(H,26,27)/t16-/m0/s1. The molecule has 0 saturated heterocycles. The zero-order valence-electron chi connectivity index (χ0n) is 19.5. The Balaban J connectivity index is 1.85. The first kappa shape index (κ1) is 28.0. The molecule has 1 aliphatic rings. The van der Waals surface area contributed by atoms with E-state index in [9.17, 15) is 33.0 Å². The van der Waals surface area contributed by atoms with Crippen LogP contribution in [0, 0.1) is 0 Å². The van der Waals surface area contributed by atoms with Crippen LogP contribution in [0.2, 0.25) is 0 Å². The highest BCUT2D eigenvalue weighted by Gasteiger charge is 2.38. The van der Waals surface area contributed by atoms with Gasteiger partial charge in [0, 0.05) is 25.7 Å². The lowest BCUT2D eigenvalue weighted by Crippen LogP contribution is -2.53. The van der Waals surface area contributed by atoms with Gasteiger partial charge in [0.05, 0.1) is 13.1 Å². The molecule has 0 unspecified atom stereocenters. The van der Waals surface area contributed by atoms with Crippen molar-refractivity contribution in [1.29, 1.82) is 0 Å². The molecule has 0 radical (unpaired) electrons. The van der Waals surface area contributed by atoms with E-state index in [4.69, 9.17) is 14.1 Å². The summed E-state index contributed by atoms with van der Waals surface area (Å²) in [4.78, 5) is 47.1. The van der Waals surface area contributed by atoms with Gasteiger partial charge in [0.15, 0.2) is 0 Å². The number of hydrogen-bond donors (Lipinski definition) is 2. The first-order chi connectivity index (χ1) is 16.5. The number of para-hydroxylation sites is 1. The van der Waals surface area contributed by atoms with Crippen LogP contribution in [0.4, 0.5) is 8.78 Å². The SMILES string of the molecule is COC(=O)CCCCC(=O)OCOC(=O)c1cccc2c1OB(O)[C@@H](NC(=O)CCC(C)(F)F)C2. The lowest BCUT2D eigenvalue weighted by Gasteiger charge is -2.29. The van der Waals surface area contributed by atoms with E-state index in [0.717, 1.165) is 0 Å². The van der Waals surface area contributed by atoms with Gasteiger partial charge in [0.1, 0.15) is 11.3 Å². The van der Waals surface area contributed by atoms with Crippen molar-refractivity contribution in [2.24, 2.45) is 0 Å². The van der Waals surface area contributed by atoms with Crippen LogP contribution in [0.5, 0.6) is 5.75 Å². The first-order valence-corrected chi connectivity index (χ1v) is 11.0. The van der Waals surface area contributed by atoms with Crippen LogP contribution in [0.25, 0.3) is 0 Å². The van der Waals surface area contributed by atoms with E-state index >= 15 is 0 Å². The summed E-state index contributed by atoms with van der Waals surface area (Å²) < 4.78 is 45.6. The summed E-state index contributed by atoms with van der Waals surface area (Å²) in [6, 6.07) is 4.55. The third-order valence-electron chi connectivity index (χ3n) is 5.13. The highest BCUT2D eigenvalue weighted by atomic mass is 19.3. The molecule has 1 aromatic rings. The molecule has 1 atom stereocenters. The van der Waals surface area contributed by atoms with E-state index in [1.54, 1.807) is 12.1 Å². The smallest absolute Gasteiger partial charge is 0.534 e. The zero-order valence-corrected chi connectivity index (χ0v) is 19.5. The monoisotopic (exact) mass is 499 g/mol. The fourth-order valence-corrected chi connectivity index (χ4v) is 3.26. The summed E-state index contributed by atoms with van der Waals surface area (Å²) in [5.41, 5.74) is 0.463. The summed E-state index contributed by atoms with van der Waals surface area (Å²) >= 11 is 0. The number of fused-ring (bicyclic) bond motifs is 1. The molecule has 35 heavy (non-hydrogen) atoms. The van der Waals surface area contributed by atoms with Crippen molar-refractivity contribution in [1.82, 2.24) is 5.32 Å². The van der Waals surface area contributed by atoms with Gasteiger partial charge in [-0.15, -0.1) is 0 Å². The molecular formula is C22H28BF2NO9. The number of rotatable bonds is 12. The van der Waals surface area contributed by atoms with Crippen LogP contribution in [-0.2, 0) is 35.0 Å². The van der Waals surface area contributed by atoms with Crippen molar-refractivity contribution in [3.63, 3.8) is 0 Å². The van der Waals surface area contributed by atoms with Crippen molar-refractivity contribution in [2.75, 3.05) is 13.9 Å². The molecule has 1 amide bonds. The van der Waals surface area contributed by atoms with Gasteiger partial charge in [-0.25, -0.2) is 13.6 Å². The van der Waals surface area contributed by atoms with Gasteiger partial charge < -0.3 is 29.2 Å². The van der Waals surface area contributed by atoms with Crippen LogP contribution in [0.1, 0.15) is 61.4 Å². The Morgan fingerprint density at radius 2 is 1.83 bits per heavy atom. The Morgan fingerprint density at radius 1 is 1.14 bits per heavy atom. The fraction of sp³-hybridized carbons (Fsp3) is 0.545. The minimum atomic E-state index is -2.99. The van der Waals surface area contributed by atoms with E-state index in [1.807, 2.05) is 0 Å². The summed E-state index contributed by atoms with van der Waals surface area (Å²) in [7, 11) is -0.248. The normalized spacial score (nSPS) is 14.9. The lowest BCUT2D eigenvalue weighted by atomic mass is 9.72. The second kappa shape index (κ2) is 13.0. The Labute approximate surface area is 201 Å². The van der Waals surface area contributed by atoms with Gasteiger partial charge in [-0.1, -0.05) is 12.1 Å². The Kier molecular flexibility index (Phi) is 10.4. The predicted molar refractivity (Wildman–Crippen MR) is 117 cm³/mol. The molecule has 192 valence electrons. The van der Waals surface area contributed by atoms with E-state index < -0.39 is 56.5 Å². The number of alkyl halides is 2. The lowest BCUT2D eigenvalue weighted by molar-refractivity contribution is -0.152. The maximum absolute atomic E-state index is 13.0. The molecule has 2 N–H and O–H groups in total. The summed E-state index contributed by atoms with van der Waals surface area (Å²) in [6.07, 6.45) is 0.106. The number of amides is 1. The Hall–Kier alpha value is -3.22. The van der Waals surface area contributed by atoms with Crippen LogP contribution < -0.4 is 9.97 Å². The van der Waals surface area contributed by atoms with Crippen LogP contribution >= 0.6 is 0 Å². The number of carbonyl (C=O) groups excluding carboxylic acids is 4. The van der Waals surface area contributed by atoms with E-state index in [-0.39, 0.29) is 36.5 Å². The molecule has 0 saturated carbocycles. The van der Waals surface area contributed by atoms with E-state index in [0.29, 0.717) is 25.3 Å². The number of benzene rings is 1. The maximum Gasteiger partial charge on any atom is 0.547 e. The molecule has 0 aliphatic carbocycles. The van der Waals surface area contributed by atoms with Gasteiger partial charge in [0.2, 0.25) is 18.6 Å². The minimum absolute atomic E-state index is 0.0221. The Bertz CT molecular complexity index is 923. The van der Waals surface area contributed by atoms with Gasteiger partial charge in [-0.05, 0) is 37.8 Å². The van der Waals surface area contributed by atoms with E-state index in [2.05, 4.69) is 10.1 Å². The van der Waals surface area contributed by atoms with Gasteiger partial charge >= 0.3 is 25.0 Å². The van der Waals surface area contributed by atoms with Crippen molar-refractivity contribution in [2.45, 2.75) is 63.7 Å². The van der Waals surface area contributed by atoms with Crippen molar-refractivity contribution in [3.05, 3.63) is 29.3 Å². The third-order valence-corrected chi connectivity index (χ3v) is 5.13. The number of ether oxygens (including phenoxy) is 3. The largest absolute Gasteiger partial charge is 0.547 e. The summed E-state index contributed by atoms with van der Waals surface area (Å²) in [5, 5.41) is 12.7. The molecular weight excluding hydrogens is 471 g/mol. The topological polar surface area (TPSA) is 137 Å². The van der Waals surface area contributed by atoms with Gasteiger partial charge in [0.25, 0.3) is 0 Å². The molecule has 1 heterocycles. The van der Waals surface area contributed by atoms with Crippen molar-refractivity contribution < 1.29 is 51.8 Å². The van der Waals surface area contributed by atoms with Crippen molar-refractivity contribution in [3.8, 4) is 5.75 Å². The number of hydrogen-bond acceptors (Lipinski definition) is 9. The van der Waals surface area contributed by atoms with Crippen LogP contribution in [0.3, 0.4) is 0 Å². The molecule has 0 aromatic heterocycles. The second-order valence-corrected chi connectivity index (χ2v) is 8.10. The van der Waals surface area contributed by atoms with Crippen molar-refractivity contribution >= 4 is 30.9 Å². The molecule has 1 aromatic carbocycles. The minimum Gasteiger partial charge on any atom is -0.534 e. The summed E-state index contributed by atoms with van der Waals surface area (Å²) in [6.45, 7) is 0.0754. The highest BCUT2D eigenvalue weighted by molar-refractivity contribution is 6.47. The molecule has 0 spiro atoms. The molecule has 1 aliphatic heterocycles. The average molecular weight is 499 g/mol. The molecule has 0 bridgehead atoms. The molecule has 0 fully saturated rings. The maximum atomic E-state index is 13.0. The highest BCUT2D eigenvalue weighted by Crippen LogP contribution is 2.31. The van der Waals surface area contributed by atoms with Gasteiger partial charge in [-0.3, -0.25) is 14.4 Å². The summed E-state index contributed by atoms with van der Waals surface area (Å²) in [5.74, 6) is -6.34. The fourth-order valence-electron chi connectivity index (χ4n) is 3.26. The third kappa shape index (κ3) is 9.51. The Morgan fingerprint density at radius 3 is 2.49 bits per heavy atom. The molecule has 2 rings (SSSR count). The molecule has 10 nitrogen and oxygen atoms in total.